The van der Waals surface area contributed by atoms with Crippen molar-refractivity contribution < 1.29 is 0 Å². The number of hydrogen-bond acceptors (Lipinski definition) is 3. The molecule has 0 aromatic rings. The lowest BCUT2D eigenvalue weighted by atomic mass is 10.2. The van der Waals surface area contributed by atoms with Crippen molar-refractivity contribution >= 4 is 0 Å². The summed E-state index contributed by atoms with van der Waals surface area (Å²) < 4.78 is 0. The molecule has 0 aromatic heterocycles. The van der Waals surface area contributed by atoms with Gasteiger partial charge in [-0.15, -0.1) is 0 Å². The van der Waals surface area contributed by atoms with E-state index < -0.39 is 0 Å². The van der Waals surface area contributed by atoms with Crippen molar-refractivity contribution in [3.63, 3.8) is 0 Å². The molecule has 0 bridgehead atoms. The molecule has 1 saturated heterocycles. The maximum absolute atomic E-state index is 3.35. The molecule has 0 amide bonds. The van der Waals surface area contributed by atoms with Gasteiger partial charge in [0, 0.05) is 32.7 Å². The predicted octanol–water partition coefficient (Wildman–Crippen LogP) is 0.710. The lowest BCUT2D eigenvalue weighted by Gasteiger charge is -2.28. The smallest absolute Gasteiger partial charge is 0.0107 e. The highest BCUT2D eigenvalue weighted by Gasteiger charge is 2.09. The molecule has 0 aliphatic carbocycles. The Labute approximate surface area is 69.7 Å². The summed E-state index contributed by atoms with van der Waals surface area (Å²) >= 11 is 0. The molecule has 11 heavy (non-hydrogen) atoms. The van der Waals surface area contributed by atoms with Crippen LogP contribution < -0.4 is 11.5 Å². The molecular formula is C8H21N3. The van der Waals surface area contributed by atoms with Crippen LogP contribution >= 0.6 is 0 Å². The summed E-state index contributed by atoms with van der Waals surface area (Å²) in [5.41, 5.74) is 0. The monoisotopic (exact) mass is 159 g/mol. The zero-order valence-electron chi connectivity index (χ0n) is 7.77. The van der Waals surface area contributed by atoms with E-state index in [1.165, 1.54) is 32.7 Å². The number of rotatable bonds is 2. The van der Waals surface area contributed by atoms with E-state index in [2.05, 4.69) is 24.1 Å². The van der Waals surface area contributed by atoms with Gasteiger partial charge in [-0.2, -0.15) is 0 Å². The Kier molecular flexibility index (Phi) is 5.46. The van der Waals surface area contributed by atoms with Gasteiger partial charge < -0.3 is 16.4 Å². The van der Waals surface area contributed by atoms with Crippen LogP contribution in [0, 0.1) is 5.92 Å². The lowest BCUT2D eigenvalue weighted by molar-refractivity contribution is 0.217. The van der Waals surface area contributed by atoms with Crippen molar-refractivity contribution in [2.45, 2.75) is 13.8 Å². The van der Waals surface area contributed by atoms with Gasteiger partial charge in [0.1, 0.15) is 0 Å². The van der Waals surface area contributed by atoms with Gasteiger partial charge in [-0.1, -0.05) is 13.8 Å². The lowest BCUT2D eigenvalue weighted by Crippen LogP contribution is -2.44. The summed E-state index contributed by atoms with van der Waals surface area (Å²) in [4.78, 5) is 2.53. The van der Waals surface area contributed by atoms with E-state index in [-0.39, 0.29) is 6.15 Å². The molecule has 1 aliphatic heterocycles. The zero-order chi connectivity index (χ0) is 7.40. The predicted molar refractivity (Wildman–Crippen MR) is 49.2 cm³/mol. The van der Waals surface area contributed by atoms with Crippen LogP contribution in [0.2, 0.25) is 0 Å². The summed E-state index contributed by atoms with van der Waals surface area (Å²) in [7, 11) is 0. The zero-order valence-corrected chi connectivity index (χ0v) is 7.77. The van der Waals surface area contributed by atoms with Gasteiger partial charge in [0.25, 0.3) is 0 Å². The largest absolute Gasteiger partial charge is 0.344 e. The van der Waals surface area contributed by atoms with Crippen LogP contribution in [0.25, 0.3) is 0 Å². The number of hydrogen-bond donors (Lipinski definition) is 2. The standard InChI is InChI=1S/C8H18N2.H3N/c1-8(2)7-10-5-3-9-4-6-10;/h8-9H,3-7H2,1-2H3;1H3. The molecule has 1 fully saturated rings. The molecule has 1 heterocycles. The Hall–Kier alpha value is -0.120. The summed E-state index contributed by atoms with van der Waals surface area (Å²) in [6, 6.07) is 0. The van der Waals surface area contributed by atoms with Crippen LogP contribution in [0.1, 0.15) is 13.8 Å². The van der Waals surface area contributed by atoms with Crippen LogP contribution in [0.4, 0.5) is 0 Å². The summed E-state index contributed by atoms with van der Waals surface area (Å²) in [5.74, 6) is 0.818. The molecular weight excluding hydrogens is 138 g/mol. The Bertz CT molecular complexity index is 87.3. The highest BCUT2D eigenvalue weighted by Crippen LogP contribution is 1.98. The Morgan fingerprint density at radius 3 is 2.27 bits per heavy atom. The normalized spacial score (nSPS) is 19.9. The van der Waals surface area contributed by atoms with Crippen molar-refractivity contribution in [2.24, 2.45) is 5.92 Å². The average Bonchev–Trinajstić information content (AvgIpc) is 1.88. The quantitative estimate of drug-likeness (QED) is 0.624. The molecule has 68 valence electrons. The third-order valence-corrected chi connectivity index (χ3v) is 1.83. The van der Waals surface area contributed by atoms with Crippen molar-refractivity contribution in [2.75, 3.05) is 32.7 Å². The summed E-state index contributed by atoms with van der Waals surface area (Å²) in [5, 5.41) is 3.35. The fourth-order valence-corrected chi connectivity index (χ4v) is 1.41. The summed E-state index contributed by atoms with van der Waals surface area (Å²) in [6.45, 7) is 10.6. The summed E-state index contributed by atoms with van der Waals surface area (Å²) in [6.07, 6.45) is 0. The number of nitrogens with zero attached hydrogens (tertiary/aromatic N) is 1. The number of piperazine rings is 1. The minimum absolute atomic E-state index is 0. The maximum Gasteiger partial charge on any atom is 0.0107 e. The SMILES string of the molecule is CC(C)CN1CCNCC1.N. The van der Waals surface area contributed by atoms with Gasteiger partial charge in [0.15, 0.2) is 0 Å². The Morgan fingerprint density at radius 1 is 1.27 bits per heavy atom. The second-order valence-electron chi connectivity index (χ2n) is 3.44. The second-order valence-corrected chi connectivity index (χ2v) is 3.44. The van der Waals surface area contributed by atoms with E-state index in [1.807, 2.05) is 0 Å². The fraction of sp³-hybridized carbons (Fsp3) is 1.00. The first-order chi connectivity index (χ1) is 4.79. The highest BCUT2D eigenvalue weighted by molar-refractivity contribution is 4.67. The topological polar surface area (TPSA) is 50.3 Å². The molecule has 0 spiro atoms. The van der Waals surface area contributed by atoms with E-state index in [1.54, 1.807) is 0 Å². The minimum Gasteiger partial charge on any atom is -0.344 e. The van der Waals surface area contributed by atoms with Crippen LogP contribution in [-0.2, 0) is 0 Å². The van der Waals surface area contributed by atoms with Crippen LogP contribution in [0.3, 0.4) is 0 Å². The van der Waals surface area contributed by atoms with E-state index in [0.29, 0.717) is 0 Å². The van der Waals surface area contributed by atoms with Gasteiger partial charge >= 0.3 is 0 Å². The van der Waals surface area contributed by atoms with Gasteiger partial charge in [-0.3, -0.25) is 0 Å². The van der Waals surface area contributed by atoms with Gasteiger partial charge in [0.2, 0.25) is 0 Å². The first-order valence-corrected chi connectivity index (χ1v) is 4.22. The fourth-order valence-electron chi connectivity index (χ4n) is 1.41. The second kappa shape index (κ2) is 5.52. The van der Waals surface area contributed by atoms with Gasteiger partial charge in [-0.05, 0) is 5.92 Å². The van der Waals surface area contributed by atoms with E-state index >= 15 is 0 Å². The van der Waals surface area contributed by atoms with Gasteiger partial charge in [0.05, 0.1) is 0 Å². The third kappa shape index (κ3) is 4.35. The van der Waals surface area contributed by atoms with Crippen LogP contribution in [0.15, 0.2) is 0 Å². The molecule has 3 nitrogen and oxygen atoms in total. The Morgan fingerprint density at radius 2 is 1.82 bits per heavy atom. The molecule has 0 radical (unpaired) electrons. The van der Waals surface area contributed by atoms with E-state index in [4.69, 9.17) is 0 Å². The van der Waals surface area contributed by atoms with Crippen LogP contribution in [-0.4, -0.2) is 37.6 Å². The minimum atomic E-state index is 0. The molecule has 1 aliphatic rings. The molecule has 0 atom stereocenters. The highest BCUT2D eigenvalue weighted by atomic mass is 15.2. The first kappa shape index (κ1) is 10.9. The van der Waals surface area contributed by atoms with E-state index in [9.17, 15) is 0 Å². The van der Waals surface area contributed by atoms with Crippen molar-refractivity contribution in [3.8, 4) is 0 Å². The van der Waals surface area contributed by atoms with Crippen molar-refractivity contribution in [1.29, 1.82) is 0 Å². The van der Waals surface area contributed by atoms with Gasteiger partial charge in [-0.25, -0.2) is 0 Å². The molecule has 0 aromatic carbocycles. The average molecular weight is 159 g/mol. The number of nitrogens with one attached hydrogen (secondary N) is 1. The Balaban J connectivity index is 0.000001000. The van der Waals surface area contributed by atoms with E-state index in [0.717, 1.165) is 5.92 Å². The maximum atomic E-state index is 3.35. The van der Waals surface area contributed by atoms with Crippen molar-refractivity contribution in [3.05, 3.63) is 0 Å². The molecule has 3 heteroatoms. The first-order valence-electron chi connectivity index (χ1n) is 4.22. The van der Waals surface area contributed by atoms with Crippen molar-refractivity contribution in [1.82, 2.24) is 16.4 Å². The molecule has 0 saturated carbocycles. The van der Waals surface area contributed by atoms with Crippen LogP contribution in [0.5, 0.6) is 0 Å². The third-order valence-electron chi connectivity index (χ3n) is 1.83. The molecule has 4 N–H and O–H groups in total. The molecule has 0 unspecified atom stereocenters. The molecule has 1 rings (SSSR count).